The van der Waals surface area contributed by atoms with Crippen molar-refractivity contribution in [2.45, 2.75) is 6.42 Å². The lowest BCUT2D eigenvalue weighted by Gasteiger charge is -2.06. The SMILES string of the molecule is C=CCc1ccccc1C(=O)n1ccnc1. The van der Waals surface area contributed by atoms with Crippen molar-refractivity contribution in [3.8, 4) is 0 Å². The van der Waals surface area contributed by atoms with Crippen LogP contribution in [-0.2, 0) is 6.42 Å². The summed E-state index contributed by atoms with van der Waals surface area (Å²) in [6.45, 7) is 3.69. The number of rotatable bonds is 3. The van der Waals surface area contributed by atoms with Gasteiger partial charge in [-0.25, -0.2) is 4.98 Å². The fraction of sp³-hybridized carbons (Fsp3) is 0.0769. The summed E-state index contributed by atoms with van der Waals surface area (Å²) >= 11 is 0. The number of carbonyl (C=O) groups is 1. The summed E-state index contributed by atoms with van der Waals surface area (Å²) in [5, 5.41) is 0. The summed E-state index contributed by atoms with van der Waals surface area (Å²) in [5.74, 6) is -0.0602. The highest BCUT2D eigenvalue weighted by Gasteiger charge is 2.10. The van der Waals surface area contributed by atoms with E-state index < -0.39 is 0 Å². The maximum atomic E-state index is 12.1. The molecule has 1 heterocycles. The van der Waals surface area contributed by atoms with Gasteiger partial charge in [0.05, 0.1) is 0 Å². The summed E-state index contributed by atoms with van der Waals surface area (Å²) in [5.41, 5.74) is 1.68. The Hall–Kier alpha value is -2.16. The van der Waals surface area contributed by atoms with E-state index in [0.29, 0.717) is 12.0 Å². The van der Waals surface area contributed by atoms with Crippen molar-refractivity contribution in [1.82, 2.24) is 9.55 Å². The molecule has 0 aliphatic carbocycles. The van der Waals surface area contributed by atoms with Crippen molar-refractivity contribution in [2.24, 2.45) is 0 Å². The number of imidazole rings is 1. The van der Waals surface area contributed by atoms with E-state index in [0.717, 1.165) is 5.56 Å². The lowest BCUT2D eigenvalue weighted by Crippen LogP contribution is -2.12. The zero-order chi connectivity index (χ0) is 11.4. The van der Waals surface area contributed by atoms with Gasteiger partial charge in [0, 0.05) is 18.0 Å². The first-order valence-electron chi connectivity index (χ1n) is 5.04. The van der Waals surface area contributed by atoms with Gasteiger partial charge in [0.2, 0.25) is 0 Å². The molecule has 0 unspecified atom stereocenters. The summed E-state index contributed by atoms with van der Waals surface area (Å²) in [6, 6.07) is 7.54. The predicted octanol–water partition coefficient (Wildman–Crippen LogP) is 2.30. The second kappa shape index (κ2) is 4.57. The highest BCUT2D eigenvalue weighted by atomic mass is 16.2. The number of nitrogens with zero attached hydrogens (tertiary/aromatic N) is 2. The molecule has 3 heteroatoms. The molecule has 0 saturated carbocycles. The first-order valence-corrected chi connectivity index (χ1v) is 5.04. The van der Waals surface area contributed by atoms with Crippen LogP contribution < -0.4 is 0 Å². The minimum atomic E-state index is -0.0602. The van der Waals surface area contributed by atoms with Crippen LogP contribution in [0.3, 0.4) is 0 Å². The molecule has 0 N–H and O–H groups in total. The Morgan fingerprint density at radius 3 is 2.94 bits per heavy atom. The molecule has 0 bridgehead atoms. The van der Waals surface area contributed by atoms with Gasteiger partial charge in [0.15, 0.2) is 0 Å². The molecule has 2 rings (SSSR count). The van der Waals surface area contributed by atoms with Gasteiger partial charge in [-0.1, -0.05) is 24.3 Å². The average Bonchev–Trinajstić information content (AvgIpc) is 2.83. The van der Waals surface area contributed by atoms with Gasteiger partial charge in [0.1, 0.15) is 6.33 Å². The van der Waals surface area contributed by atoms with Gasteiger partial charge < -0.3 is 0 Å². The largest absolute Gasteiger partial charge is 0.272 e. The van der Waals surface area contributed by atoms with E-state index in [1.54, 1.807) is 18.5 Å². The molecule has 1 aromatic heterocycles. The summed E-state index contributed by atoms with van der Waals surface area (Å²) in [6.07, 6.45) is 7.23. The van der Waals surface area contributed by atoms with Gasteiger partial charge in [-0.05, 0) is 18.1 Å². The van der Waals surface area contributed by atoms with Crippen molar-refractivity contribution < 1.29 is 4.79 Å². The Morgan fingerprint density at radius 1 is 1.44 bits per heavy atom. The van der Waals surface area contributed by atoms with Gasteiger partial charge in [-0.3, -0.25) is 9.36 Å². The first kappa shape index (κ1) is 10.4. The Morgan fingerprint density at radius 2 is 2.25 bits per heavy atom. The van der Waals surface area contributed by atoms with E-state index >= 15 is 0 Å². The molecule has 80 valence electrons. The smallest absolute Gasteiger partial charge is 0.263 e. The standard InChI is InChI=1S/C13H12N2O/c1-2-5-11-6-3-4-7-12(11)13(16)15-9-8-14-10-15/h2-4,6-10H,1,5H2. The van der Waals surface area contributed by atoms with Crippen LogP contribution in [0.15, 0.2) is 55.6 Å². The molecule has 0 fully saturated rings. The van der Waals surface area contributed by atoms with E-state index in [-0.39, 0.29) is 5.91 Å². The molecule has 0 aliphatic rings. The highest BCUT2D eigenvalue weighted by Crippen LogP contribution is 2.11. The van der Waals surface area contributed by atoms with Crippen LogP contribution in [0.4, 0.5) is 0 Å². The molecule has 0 spiro atoms. The van der Waals surface area contributed by atoms with E-state index in [9.17, 15) is 4.79 Å². The Balaban J connectivity index is 2.40. The lowest BCUT2D eigenvalue weighted by molar-refractivity contribution is 0.0959. The minimum absolute atomic E-state index is 0.0602. The van der Waals surface area contributed by atoms with E-state index in [1.807, 2.05) is 24.3 Å². The van der Waals surface area contributed by atoms with Crippen LogP contribution in [0.1, 0.15) is 15.9 Å². The molecule has 0 amide bonds. The molecule has 0 atom stereocenters. The highest BCUT2D eigenvalue weighted by molar-refractivity contribution is 5.97. The number of carbonyl (C=O) groups excluding carboxylic acids is 1. The summed E-state index contributed by atoms with van der Waals surface area (Å²) < 4.78 is 1.47. The molecule has 1 aromatic carbocycles. The van der Waals surface area contributed by atoms with Gasteiger partial charge >= 0.3 is 0 Å². The van der Waals surface area contributed by atoms with Crippen molar-refractivity contribution >= 4 is 5.91 Å². The van der Waals surface area contributed by atoms with Crippen LogP contribution >= 0.6 is 0 Å². The number of hydrogen-bond donors (Lipinski definition) is 0. The lowest BCUT2D eigenvalue weighted by atomic mass is 10.0. The second-order valence-electron chi connectivity index (χ2n) is 3.43. The maximum absolute atomic E-state index is 12.1. The third-order valence-electron chi connectivity index (χ3n) is 2.35. The zero-order valence-corrected chi connectivity index (χ0v) is 8.84. The van der Waals surface area contributed by atoms with Crippen LogP contribution in [0.5, 0.6) is 0 Å². The number of benzene rings is 1. The van der Waals surface area contributed by atoms with Gasteiger partial charge in [-0.2, -0.15) is 0 Å². The number of hydrogen-bond acceptors (Lipinski definition) is 2. The third kappa shape index (κ3) is 1.93. The Kier molecular flexibility index (Phi) is 2.96. The fourth-order valence-electron chi connectivity index (χ4n) is 1.58. The van der Waals surface area contributed by atoms with Gasteiger partial charge in [-0.15, -0.1) is 6.58 Å². The topological polar surface area (TPSA) is 34.9 Å². The monoisotopic (exact) mass is 212 g/mol. The molecule has 16 heavy (non-hydrogen) atoms. The Labute approximate surface area is 94.1 Å². The molecular formula is C13H12N2O. The fourth-order valence-corrected chi connectivity index (χ4v) is 1.58. The first-order chi connectivity index (χ1) is 7.83. The molecule has 2 aromatic rings. The van der Waals surface area contributed by atoms with Gasteiger partial charge in [0.25, 0.3) is 5.91 Å². The predicted molar refractivity (Wildman–Crippen MR) is 62.3 cm³/mol. The number of aromatic nitrogens is 2. The zero-order valence-electron chi connectivity index (χ0n) is 8.84. The second-order valence-corrected chi connectivity index (χ2v) is 3.43. The summed E-state index contributed by atoms with van der Waals surface area (Å²) in [7, 11) is 0. The van der Waals surface area contributed by atoms with E-state index in [1.165, 1.54) is 10.9 Å². The normalized spacial score (nSPS) is 10.0. The molecule has 0 saturated heterocycles. The minimum Gasteiger partial charge on any atom is -0.272 e. The van der Waals surface area contributed by atoms with Crippen LogP contribution in [0.2, 0.25) is 0 Å². The van der Waals surface area contributed by atoms with Crippen molar-refractivity contribution in [2.75, 3.05) is 0 Å². The van der Waals surface area contributed by atoms with Crippen molar-refractivity contribution in [1.29, 1.82) is 0 Å². The molecule has 3 nitrogen and oxygen atoms in total. The third-order valence-corrected chi connectivity index (χ3v) is 2.35. The molecule has 0 radical (unpaired) electrons. The van der Waals surface area contributed by atoms with E-state index in [2.05, 4.69) is 11.6 Å². The van der Waals surface area contributed by atoms with Crippen LogP contribution in [0.25, 0.3) is 0 Å². The van der Waals surface area contributed by atoms with E-state index in [4.69, 9.17) is 0 Å². The Bertz CT molecular complexity index is 500. The maximum Gasteiger partial charge on any atom is 0.263 e. The van der Waals surface area contributed by atoms with Crippen molar-refractivity contribution in [3.63, 3.8) is 0 Å². The molecular weight excluding hydrogens is 200 g/mol. The van der Waals surface area contributed by atoms with Crippen LogP contribution in [-0.4, -0.2) is 15.5 Å². The van der Waals surface area contributed by atoms with Crippen molar-refractivity contribution in [3.05, 3.63) is 66.8 Å². The number of allylic oxidation sites excluding steroid dienone is 1. The summed E-state index contributed by atoms with van der Waals surface area (Å²) in [4.78, 5) is 16.0. The quantitative estimate of drug-likeness (QED) is 0.732. The molecule has 0 aliphatic heterocycles. The average molecular weight is 212 g/mol. The van der Waals surface area contributed by atoms with Crippen LogP contribution in [0, 0.1) is 0 Å².